The third-order valence-corrected chi connectivity index (χ3v) is 5.20. The summed E-state index contributed by atoms with van der Waals surface area (Å²) in [5.41, 5.74) is 2.93. The van der Waals surface area contributed by atoms with Crippen LogP contribution in [0.15, 0.2) is 78.9 Å². The van der Waals surface area contributed by atoms with E-state index in [1.807, 2.05) is 67.6 Å². The van der Waals surface area contributed by atoms with Gasteiger partial charge in [-0.1, -0.05) is 66.2 Å². The van der Waals surface area contributed by atoms with Crippen molar-refractivity contribution >= 4 is 29.1 Å². The molecule has 0 fully saturated rings. The van der Waals surface area contributed by atoms with Crippen LogP contribution < -0.4 is 10.6 Å². The van der Waals surface area contributed by atoms with Crippen molar-refractivity contribution in [2.24, 2.45) is 0 Å². The lowest BCUT2D eigenvalue weighted by Crippen LogP contribution is -2.33. The number of anilines is 1. The van der Waals surface area contributed by atoms with E-state index in [0.717, 1.165) is 16.8 Å². The van der Waals surface area contributed by atoms with Gasteiger partial charge >= 0.3 is 0 Å². The van der Waals surface area contributed by atoms with Crippen molar-refractivity contribution < 1.29 is 9.59 Å². The van der Waals surface area contributed by atoms with E-state index in [4.69, 9.17) is 11.6 Å². The number of benzene rings is 3. The standard InChI is InChI=1S/C24H20ClN5O2/c1-16-19(25)13-8-14-20(16)27-21(31)15-26-24(32)22-28-23(17-9-4-2-5-10-17)30(29-22)18-11-6-3-7-12-18/h2-14H,15H2,1H3,(H,26,32)(H,27,31). The van der Waals surface area contributed by atoms with Gasteiger partial charge in [-0.15, -0.1) is 5.10 Å². The lowest BCUT2D eigenvalue weighted by molar-refractivity contribution is -0.115. The minimum atomic E-state index is -0.546. The molecule has 0 saturated heterocycles. The predicted octanol–water partition coefficient (Wildman–Crippen LogP) is 4.26. The zero-order valence-corrected chi connectivity index (χ0v) is 18.0. The van der Waals surface area contributed by atoms with Gasteiger partial charge in [-0.2, -0.15) is 0 Å². The van der Waals surface area contributed by atoms with Gasteiger partial charge in [-0.25, -0.2) is 9.67 Å². The summed E-state index contributed by atoms with van der Waals surface area (Å²) in [6, 6.07) is 24.1. The van der Waals surface area contributed by atoms with Crippen molar-refractivity contribution in [3.05, 3.63) is 95.3 Å². The Morgan fingerprint density at radius 1 is 0.938 bits per heavy atom. The second-order valence-corrected chi connectivity index (χ2v) is 7.42. The van der Waals surface area contributed by atoms with E-state index in [0.29, 0.717) is 16.5 Å². The number of halogens is 1. The normalized spacial score (nSPS) is 10.6. The maximum absolute atomic E-state index is 12.7. The highest BCUT2D eigenvalue weighted by Crippen LogP contribution is 2.23. The summed E-state index contributed by atoms with van der Waals surface area (Å²) in [5.74, 6) is -0.426. The molecule has 0 unspecified atom stereocenters. The molecule has 32 heavy (non-hydrogen) atoms. The fourth-order valence-electron chi connectivity index (χ4n) is 3.11. The first-order chi connectivity index (χ1) is 15.5. The highest BCUT2D eigenvalue weighted by atomic mass is 35.5. The molecule has 2 N–H and O–H groups in total. The Bertz CT molecular complexity index is 1200. The molecule has 1 aromatic heterocycles. The van der Waals surface area contributed by atoms with Gasteiger partial charge in [0.05, 0.1) is 12.2 Å². The van der Waals surface area contributed by atoms with Gasteiger partial charge in [0.2, 0.25) is 11.7 Å². The van der Waals surface area contributed by atoms with Crippen molar-refractivity contribution in [2.45, 2.75) is 6.92 Å². The molecule has 1 heterocycles. The molecular formula is C24H20ClN5O2. The molecule has 0 atom stereocenters. The fourth-order valence-corrected chi connectivity index (χ4v) is 3.28. The summed E-state index contributed by atoms with van der Waals surface area (Å²) < 4.78 is 1.61. The average molecular weight is 446 g/mol. The van der Waals surface area contributed by atoms with Crippen LogP contribution in [-0.4, -0.2) is 33.1 Å². The largest absolute Gasteiger partial charge is 0.340 e. The molecule has 0 bridgehead atoms. The summed E-state index contributed by atoms with van der Waals surface area (Å²) in [5, 5.41) is 10.3. The molecule has 0 spiro atoms. The van der Waals surface area contributed by atoms with E-state index in [9.17, 15) is 9.59 Å². The third-order valence-electron chi connectivity index (χ3n) is 4.79. The van der Waals surface area contributed by atoms with Crippen LogP contribution in [0.25, 0.3) is 17.1 Å². The molecule has 3 aromatic carbocycles. The molecule has 160 valence electrons. The number of rotatable bonds is 6. The second-order valence-electron chi connectivity index (χ2n) is 7.02. The highest BCUT2D eigenvalue weighted by molar-refractivity contribution is 6.31. The van der Waals surface area contributed by atoms with Crippen LogP contribution in [0.4, 0.5) is 5.69 Å². The van der Waals surface area contributed by atoms with Gasteiger partial charge in [0.15, 0.2) is 5.82 Å². The first-order valence-corrected chi connectivity index (χ1v) is 10.3. The van der Waals surface area contributed by atoms with Crippen LogP contribution in [0.1, 0.15) is 16.2 Å². The predicted molar refractivity (Wildman–Crippen MR) is 124 cm³/mol. The Morgan fingerprint density at radius 2 is 1.62 bits per heavy atom. The van der Waals surface area contributed by atoms with E-state index >= 15 is 0 Å². The van der Waals surface area contributed by atoms with Crippen LogP contribution in [0.2, 0.25) is 5.02 Å². The highest BCUT2D eigenvalue weighted by Gasteiger charge is 2.19. The quantitative estimate of drug-likeness (QED) is 0.464. The number of carbonyl (C=O) groups is 2. The Morgan fingerprint density at radius 3 is 2.34 bits per heavy atom. The van der Waals surface area contributed by atoms with Gasteiger partial charge in [0, 0.05) is 16.3 Å². The monoisotopic (exact) mass is 445 g/mol. The number of hydrogen-bond acceptors (Lipinski definition) is 4. The maximum atomic E-state index is 12.7. The van der Waals surface area contributed by atoms with Crippen molar-refractivity contribution in [1.29, 1.82) is 0 Å². The van der Waals surface area contributed by atoms with E-state index in [1.165, 1.54) is 0 Å². The zero-order chi connectivity index (χ0) is 22.5. The zero-order valence-electron chi connectivity index (χ0n) is 17.2. The Hall–Kier alpha value is -3.97. The van der Waals surface area contributed by atoms with Crippen LogP contribution >= 0.6 is 11.6 Å². The van der Waals surface area contributed by atoms with E-state index in [-0.39, 0.29) is 18.3 Å². The molecule has 4 aromatic rings. The number of carbonyl (C=O) groups excluding carboxylic acids is 2. The second kappa shape index (κ2) is 9.45. The van der Waals surface area contributed by atoms with Gasteiger partial charge in [0.1, 0.15) is 0 Å². The molecule has 4 rings (SSSR count). The average Bonchev–Trinajstić information content (AvgIpc) is 3.27. The third kappa shape index (κ3) is 4.68. The number of nitrogens with zero attached hydrogens (tertiary/aromatic N) is 3. The summed E-state index contributed by atoms with van der Waals surface area (Å²) in [6.45, 7) is 1.58. The first kappa shape index (κ1) is 21.3. The lowest BCUT2D eigenvalue weighted by Gasteiger charge is -2.09. The van der Waals surface area contributed by atoms with Crippen LogP contribution in [-0.2, 0) is 4.79 Å². The maximum Gasteiger partial charge on any atom is 0.291 e. The molecule has 7 nitrogen and oxygen atoms in total. The summed E-state index contributed by atoms with van der Waals surface area (Å²) in [7, 11) is 0. The van der Waals surface area contributed by atoms with Crippen molar-refractivity contribution in [3.63, 3.8) is 0 Å². The summed E-state index contributed by atoms with van der Waals surface area (Å²) in [6.07, 6.45) is 0. The van der Waals surface area contributed by atoms with Crippen LogP contribution in [0.5, 0.6) is 0 Å². The molecule has 8 heteroatoms. The van der Waals surface area contributed by atoms with E-state index in [2.05, 4.69) is 20.7 Å². The number of hydrogen-bond donors (Lipinski definition) is 2. The van der Waals surface area contributed by atoms with Gasteiger partial charge in [-0.3, -0.25) is 9.59 Å². The lowest BCUT2D eigenvalue weighted by atomic mass is 10.2. The van der Waals surface area contributed by atoms with E-state index in [1.54, 1.807) is 22.9 Å². The summed E-state index contributed by atoms with van der Waals surface area (Å²) >= 11 is 6.08. The van der Waals surface area contributed by atoms with Gasteiger partial charge in [0.25, 0.3) is 5.91 Å². The first-order valence-electron chi connectivity index (χ1n) is 9.94. The van der Waals surface area contributed by atoms with Crippen LogP contribution in [0, 0.1) is 6.92 Å². The Balaban J connectivity index is 1.52. The SMILES string of the molecule is Cc1c(Cl)cccc1NC(=O)CNC(=O)c1nc(-c2ccccc2)n(-c2ccccc2)n1. The minimum absolute atomic E-state index is 0.0283. The molecule has 2 amide bonds. The number of aromatic nitrogens is 3. The smallest absolute Gasteiger partial charge is 0.291 e. The number of nitrogens with one attached hydrogen (secondary N) is 2. The van der Waals surface area contributed by atoms with Crippen molar-refractivity contribution in [2.75, 3.05) is 11.9 Å². The molecule has 0 radical (unpaired) electrons. The molecule has 0 aliphatic rings. The van der Waals surface area contributed by atoms with Crippen LogP contribution in [0.3, 0.4) is 0 Å². The van der Waals surface area contributed by atoms with Gasteiger partial charge in [-0.05, 0) is 36.8 Å². The van der Waals surface area contributed by atoms with Gasteiger partial charge < -0.3 is 10.6 Å². The minimum Gasteiger partial charge on any atom is -0.340 e. The van der Waals surface area contributed by atoms with Crippen molar-refractivity contribution in [1.82, 2.24) is 20.1 Å². The Kier molecular flexibility index (Phi) is 6.28. The number of amides is 2. The number of para-hydroxylation sites is 1. The topological polar surface area (TPSA) is 88.9 Å². The molecule has 0 aliphatic carbocycles. The molecule has 0 saturated carbocycles. The Labute approximate surface area is 190 Å². The molecular weight excluding hydrogens is 426 g/mol. The summed E-state index contributed by atoms with van der Waals surface area (Å²) in [4.78, 5) is 29.4. The molecule has 0 aliphatic heterocycles. The fraction of sp³-hybridized carbons (Fsp3) is 0.0833. The van der Waals surface area contributed by atoms with E-state index < -0.39 is 5.91 Å². The van der Waals surface area contributed by atoms with Crippen molar-refractivity contribution in [3.8, 4) is 17.1 Å².